The minimum absolute atomic E-state index is 0.0274. The Labute approximate surface area is 189 Å². The van der Waals surface area contributed by atoms with Gasteiger partial charge in [0.2, 0.25) is 0 Å². The van der Waals surface area contributed by atoms with Gasteiger partial charge < -0.3 is 26.2 Å². The van der Waals surface area contributed by atoms with Crippen molar-refractivity contribution in [3.8, 4) is 5.75 Å². The van der Waals surface area contributed by atoms with E-state index in [-0.39, 0.29) is 5.84 Å². The summed E-state index contributed by atoms with van der Waals surface area (Å²) in [6, 6.07) is 13.2. The topological polar surface area (TPSA) is 120 Å². The number of benzene rings is 2. The van der Waals surface area contributed by atoms with Gasteiger partial charge in [-0.15, -0.1) is 0 Å². The second-order valence-electron chi connectivity index (χ2n) is 8.34. The molecule has 1 atom stereocenters. The highest BCUT2D eigenvalue weighted by Crippen LogP contribution is 2.34. The minimum Gasteiger partial charge on any atom is -0.494 e. The van der Waals surface area contributed by atoms with Crippen LogP contribution in [0.1, 0.15) is 62.6 Å². The summed E-state index contributed by atoms with van der Waals surface area (Å²) in [5.74, 6) is -0.319. The molecule has 1 aliphatic carbocycles. The Hall–Kier alpha value is -3.06. The van der Waals surface area contributed by atoms with Crippen molar-refractivity contribution in [3.63, 3.8) is 0 Å². The van der Waals surface area contributed by atoms with Crippen LogP contribution >= 0.6 is 0 Å². The lowest BCUT2D eigenvalue weighted by Gasteiger charge is -2.32. The summed E-state index contributed by atoms with van der Waals surface area (Å²) in [4.78, 5) is 12.6. The van der Waals surface area contributed by atoms with E-state index in [1.807, 2.05) is 32.0 Å². The summed E-state index contributed by atoms with van der Waals surface area (Å²) < 4.78 is 5.78. The maximum absolute atomic E-state index is 12.6. The van der Waals surface area contributed by atoms with Gasteiger partial charge in [0.05, 0.1) is 6.61 Å². The molecule has 2 aromatic carbocycles. The van der Waals surface area contributed by atoms with Crippen molar-refractivity contribution < 1.29 is 14.6 Å². The highest BCUT2D eigenvalue weighted by molar-refractivity contribution is 5.95. The second kappa shape index (κ2) is 10.5. The molecule has 7 nitrogen and oxygen atoms in total. The van der Waals surface area contributed by atoms with E-state index in [1.165, 1.54) is 25.7 Å². The number of carboxylic acids is 1. The Bertz CT molecular complexity index is 939. The average Bonchev–Trinajstić information content (AvgIpc) is 3.30. The molecular weight excluding hydrogens is 404 g/mol. The number of anilines is 1. The summed E-state index contributed by atoms with van der Waals surface area (Å²) in [6.45, 7) is 4.95. The first-order valence-electron chi connectivity index (χ1n) is 11.3. The summed E-state index contributed by atoms with van der Waals surface area (Å²) in [7, 11) is 0. The van der Waals surface area contributed by atoms with E-state index in [9.17, 15) is 9.90 Å². The molecule has 0 aliphatic heterocycles. The Morgan fingerprint density at radius 2 is 1.88 bits per heavy atom. The molecule has 0 heterocycles. The Morgan fingerprint density at radius 3 is 2.44 bits per heavy atom. The van der Waals surface area contributed by atoms with Crippen molar-refractivity contribution >= 4 is 17.5 Å². The monoisotopic (exact) mass is 438 g/mol. The number of nitrogens with two attached hydrogens (primary N) is 1. The smallest absolute Gasteiger partial charge is 0.334 e. The first-order valence-corrected chi connectivity index (χ1v) is 11.3. The zero-order chi connectivity index (χ0) is 23.1. The van der Waals surface area contributed by atoms with Gasteiger partial charge in [0.25, 0.3) is 0 Å². The van der Waals surface area contributed by atoms with Gasteiger partial charge in [0, 0.05) is 23.8 Å². The number of amidine groups is 1. The molecular formula is C25H34N4O3. The number of aliphatic carboxylic acids is 1. The number of nitrogen functional groups attached to an aromatic ring is 1. The molecule has 0 bridgehead atoms. The highest BCUT2D eigenvalue weighted by atomic mass is 16.5. The summed E-state index contributed by atoms with van der Waals surface area (Å²) in [5.41, 5.74) is 7.10. The fourth-order valence-electron chi connectivity index (χ4n) is 4.32. The molecule has 0 radical (unpaired) electrons. The maximum Gasteiger partial charge on any atom is 0.334 e. The first-order chi connectivity index (χ1) is 15.4. The Balaban J connectivity index is 1.95. The number of carbonyl (C=O) groups is 1. The molecule has 3 rings (SSSR count). The number of ether oxygens (including phenoxy) is 1. The number of carboxylic acid groups (broad SMARTS) is 1. The van der Waals surface area contributed by atoms with Crippen molar-refractivity contribution in [1.82, 2.24) is 5.32 Å². The first kappa shape index (κ1) is 23.6. The zero-order valence-corrected chi connectivity index (χ0v) is 18.9. The molecule has 1 unspecified atom stereocenters. The van der Waals surface area contributed by atoms with E-state index in [1.54, 1.807) is 24.3 Å². The molecule has 1 saturated carbocycles. The number of hydrogen-bond donors (Lipinski definition) is 5. The lowest BCUT2D eigenvalue weighted by atomic mass is 9.85. The van der Waals surface area contributed by atoms with E-state index in [0.29, 0.717) is 48.2 Å². The maximum atomic E-state index is 12.6. The van der Waals surface area contributed by atoms with Crippen molar-refractivity contribution in [2.45, 2.75) is 64.1 Å². The lowest BCUT2D eigenvalue weighted by Crippen LogP contribution is -2.43. The predicted octanol–water partition coefficient (Wildman–Crippen LogP) is 4.20. The predicted molar refractivity (Wildman–Crippen MR) is 127 cm³/mol. The standard InChI is InChI=1S/C25H34N4O3/c1-3-25(24(30)31,29-21-11-9-18(10-12-21)23(26)27)19-13-17(14-22(15-19)32-4-2)16-28-20-7-5-6-8-20/h9-15,20,28-29H,3-8,16H2,1-2H3,(H3,26,27)(H,30,31). The summed E-state index contributed by atoms with van der Waals surface area (Å²) >= 11 is 0. The molecule has 0 amide bonds. The second-order valence-corrected chi connectivity index (χ2v) is 8.34. The van der Waals surface area contributed by atoms with Crippen LogP contribution in [0.5, 0.6) is 5.75 Å². The molecule has 6 N–H and O–H groups in total. The van der Waals surface area contributed by atoms with E-state index in [2.05, 4.69) is 10.6 Å². The molecule has 7 heteroatoms. The van der Waals surface area contributed by atoms with Crippen molar-refractivity contribution in [1.29, 1.82) is 5.41 Å². The van der Waals surface area contributed by atoms with Crippen LogP contribution in [0.4, 0.5) is 5.69 Å². The SMILES string of the molecule is CCOc1cc(CNC2CCCC2)cc(C(CC)(Nc2ccc(C(=N)N)cc2)C(=O)O)c1. The third-order valence-corrected chi connectivity index (χ3v) is 6.17. The quantitative estimate of drug-likeness (QED) is 0.265. The van der Waals surface area contributed by atoms with Gasteiger partial charge in [-0.05, 0) is 73.7 Å². The minimum atomic E-state index is -1.33. The van der Waals surface area contributed by atoms with Crippen molar-refractivity contribution in [2.75, 3.05) is 11.9 Å². The Morgan fingerprint density at radius 1 is 1.19 bits per heavy atom. The van der Waals surface area contributed by atoms with Crippen LogP contribution in [0.25, 0.3) is 0 Å². The average molecular weight is 439 g/mol. The van der Waals surface area contributed by atoms with Gasteiger partial charge in [0.1, 0.15) is 11.6 Å². The summed E-state index contributed by atoms with van der Waals surface area (Å²) in [5, 5.41) is 24.7. The van der Waals surface area contributed by atoms with Gasteiger partial charge in [0.15, 0.2) is 5.54 Å². The fourth-order valence-corrected chi connectivity index (χ4v) is 4.32. The van der Waals surface area contributed by atoms with Crippen LogP contribution in [-0.4, -0.2) is 29.6 Å². The van der Waals surface area contributed by atoms with Crippen molar-refractivity contribution in [3.05, 3.63) is 59.2 Å². The molecule has 0 saturated heterocycles. The highest BCUT2D eigenvalue weighted by Gasteiger charge is 2.39. The van der Waals surface area contributed by atoms with Crippen LogP contribution < -0.4 is 21.1 Å². The third-order valence-electron chi connectivity index (χ3n) is 6.17. The van der Waals surface area contributed by atoms with Crippen LogP contribution in [0.3, 0.4) is 0 Å². The fraction of sp³-hybridized carbons (Fsp3) is 0.440. The number of hydrogen-bond acceptors (Lipinski definition) is 5. The largest absolute Gasteiger partial charge is 0.494 e. The van der Waals surface area contributed by atoms with E-state index in [4.69, 9.17) is 15.9 Å². The van der Waals surface area contributed by atoms with Gasteiger partial charge in [-0.1, -0.05) is 25.8 Å². The Kier molecular flexibility index (Phi) is 7.75. The lowest BCUT2D eigenvalue weighted by molar-refractivity contribution is -0.142. The van der Waals surface area contributed by atoms with Crippen LogP contribution in [0.15, 0.2) is 42.5 Å². The van der Waals surface area contributed by atoms with Crippen LogP contribution in [0, 0.1) is 5.41 Å². The molecule has 2 aromatic rings. The molecule has 0 aromatic heterocycles. The van der Waals surface area contributed by atoms with E-state index >= 15 is 0 Å². The van der Waals surface area contributed by atoms with Crippen LogP contribution in [0.2, 0.25) is 0 Å². The van der Waals surface area contributed by atoms with Gasteiger partial charge in [-0.2, -0.15) is 0 Å². The normalized spacial score (nSPS) is 15.8. The molecule has 32 heavy (non-hydrogen) atoms. The van der Waals surface area contributed by atoms with Crippen LogP contribution in [-0.2, 0) is 16.9 Å². The van der Waals surface area contributed by atoms with Gasteiger partial charge in [-0.25, -0.2) is 4.79 Å². The van der Waals surface area contributed by atoms with Gasteiger partial charge >= 0.3 is 5.97 Å². The number of rotatable bonds is 11. The van der Waals surface area contributed by atoms with E-state index in [0.717, 1.165) is 5.56 Å². The zero-order valence-electron chi connectivity index (χ0n) is 18.9. The molecule has 0 spiro atoms. The third kappa shape index (κ3) is 5.40. The summed E-state index contributed by atoms with van der Waals surface area (Å²) in [6.07, 6.45) is 5.22. The molecule has 1 fully saturated rings. The molecule has 1 aliphatic rings. The van der Waals surface area contributed by atoms with Gasteiger partial charge in [-0.3, -0.25) is 5.41 Å². The van der Waals surface area contributed by atoms with Crippen molar-refractivity contribution in [2.24, 2.45) is 5.73 Å². The van der Waals surface area contributed by atoms with E-state index < -0.39 is 11.5 Å². The molecule has 172 valence electrons. The number of nitrogens with one attached hydrogen (secondary N) is 3.